The van der Waals surface area contributed by atoms with E-state index in [1.54, 1.807) is 18.2 Å². The van der Waals surface area contributed by atoms with E-state index in [4.69, 9.17) is 5.73 Å². The number of carbonyl (C=O) groups is 1. The first kappa shape index (κ1) is 15.7. The van der Waals surface area contributed by atoms with Crippen LogP contribution in [0.2, 0.25) is 0 Å². The quantitative estimate of drug-likeness (QED) is 0.876. The van der Waals surface area contributed by atoms with Crippen LogP contribution in [0.5, 0.6) is 0 Å². The lowest BCUT2D eigenvalue weighted by Gasteiger charge is -2.21. The van der Waals surface area contributed by atoms with E-state index >= 15 is 0 Å². The van der Waals surface area contributed by atoms with Gasteiger partial charge in [0.15, 0.2) is 9.84 Å². The highest BCUT2D eigenvalue weighted by atomic mass is 32.2. The summed E-state index contributed by atoms with van der Waals surface area (Å²) in [5, 5.41) is 2.61. The predicted molar refractivity (Wildman–Crippen MR) is 76.6 cm³/mol. The zero-order valence-corrected chi connectivity index (χ0v) is 12.4. The second kappa shape index (κ2) is 5.30. The molecule has 0 spiro atoms. The fraction of sp³-hybridized carbons (Fsp3) is 0.462. The number of nitrogens with two attached hydrogens (primary N) is 1. The Balaban J connectivity index is 2.98. The summed E-state index contributed by atoms with van der Waals surface area (Å²) in [6.07, 6.45) is 1.05. The Bertz CT molecular complexity index is 577. The Labute approximate surface area is 114 Å². The van der Waals surface area contributed by atoms with Crippen molar-refractivity contribution in [2.24, 2.45) is 5.73 Å². The van der Waals surface area contributed by atoms with Crippen LogP contribution in [0.1, 0.15) is 32.4 Å². The molecule has 3 N–H and O–H groups in total. The minimum absolute atomic E-state index is 0.153. The van der Waals surface area contributed by atoms with E-state index in [-0.39, 0.29) is 6.04 Å². The maximum atomic E-state index is 12.0. The van der Waals surface area contributed by atoms with Gasteiger partial charge in [-0.1, -0.05) is 12.1 Å². The number of carbonyl (C=O) groups excluding carboxylic acids is 1. The van der Waals surface area contributed by atoms with Crippen molar-refractivity contribution in [3.63, 3.8) is 0 Å². The van der Waals surface area contributed by atoms with Crippen LogP contribution in [0.4, 0.5) is 5.69 Å². The minimum Gasteiger partial charge on any atom is -0.325 e. The van der Waals surface area contributed by atoms with E-state index in [0.717, 1.165) is 11.8 Å². The maximum absolute atomic E-state index is 12.0. The Morgan fingerprint density at radius 2 is 1.95 bits per heavy atom. The zero-order valence-electron chi connectivity index (χ0n) is 11.6. The van der Waals surface area contributed by atoms with Gasteiger partial charge in [-0.2, -0.15) is 0 Å². The Morgan fingerprint density at radius 3 is 2.42 bits per heavy atom. The van der Waals surface area contributed by atoms with E-state index in [9.17, 15) is 13.2 Å². The van der Waals surface area contributed by atoms with Gasteiger partial charge in [-0.3, -0.25) is 4.79 Å². The summed E-state index contributed by atoms with van der Waals surface area (Å²) in [5.74, 6) is -0.558. The van der Waals surface area contributed by atoms with Gasteiger partial charge in [-0.25, -0.2) is 8.42 Å². The van der Waals surface area contributed by atoms with Crippen molar-refractivity contribution in [2.75, 3.05) is 11.6 Å². The summed E-state index contributed by atoms with van der Waals surface area (Å²) in [6, 6.07) is 6.90. The van der Waals surface area contributed by atoms with Crippen LogP contribution in [0, 0.1) is 0 Å². The average Bonchev–Trinajstić information content (AvgIpc) is 2.27. The molecular weight excluding hydrogens is 264 g/mol. The third kappa shape index (κ3) is 3.54. The van der Waals surface area contributed by atoms with Crippen molar-refractivity contribution in [3.05, 3.63) is 29.8 Å². The molecule has 1 unspecified atom stereocenters. The van der Waals surface area contributed by atoms with E-state index in [2.05, 4.69) is 5.32 Å². The van der Waals surface area contributed by atoms with Crippen molar-refractivity contribution in [1.82, 2.24) is 0 Å². The number of nitrogens with one attached hydrogen (secondary N) is 1. The first-order chi connectivity index (χ1) is 8.55. The summed E-state index contributed by atoms with van der Waals surface area (Å²) in [6.45, 7) is 4.60. The number of rotatable bonds is 4. The lowest BCUT2D eigenvalue weighted by Crippen LogP contribution is -2.43. The zero-order chi connectivity index (χ0) is 14.8. The summed E-state index contributed by atoms with van der Waals surface area (Å²) in [7, 11) is -3.48. The molecule has 1 aromatic carbocycles. The third-order valence-corrected chi connectivity index (χ3v) is 5.18. The van der Waals surface area contributed by atoms with Crippen LogP contribution in [0.15, 0.2) is 24.3 Å². The molecule has 106 valence electrons. The normalized spacial score (nSPS) is 13.9. The van der Waals surface area contributed by atoms with Gasteiger partial charge in [0.25, 0.3) is 0 Å². The number of amides is 1. The van der Waals surface area contributed by atoms with Gasteiger partial charge in [0.1, 0.15) is 4.75 Å². The second-order valence-electron chi connectivity index (χ2n) is 5.15. The van der Waals surface area contributed by atoms with Crippen molar-refractivity contribution in [2.45, 2.75) is 31.6 Å². The SMILES string of the molecule is CC(N)c1cccc(NC(=O)C(C)(C)S(C)(=O)=O)c1. The topological polar surface area (TPSA) is 89.3 Å². The van der Waals surface area contributed by atoms with Gasteiger partial charge in [0.05, 0.1) is 0 Å². The molecule has 0 aliphatic carbocycles. The molecule has 0 saturated carbocycles. The Kier molecular flexibility index (Phi) is 4.37. The maximum Gasteiger partial charge on any atom is 0.245 e. The van der Waals surface area contributed by atoms with Gasteiger partial charge in [-0.05, 0) is 38.5 Å². The largest absolute Gasteiger partial charge is 0.325 e. The predicted octanol–water partition coefficient (Wildman–Crippen LogP) is 1.47. The average molecular weight is 284 g/mol. The molecule has 1 rings (SSSR count). The molecule has 19 heavy (non-hydrogen) atoms. The third-order valence-electron chi connectivity index (χ3n) is 3.14. The molecule has 6 heteroatoms. The van der Waals surface area contributed by atoms with Crippen molar-refractivity contribution < 1.29 is 13.2 Å². The van der Waals surface area contributed by atoms with Crippen LogP contribution in [-0.4, -0.2) is 25.3 Å². The van der Waals surface area contributed by atoms with Crippen molar-refractivity contribution >= 4 is 21.4 Å². The number of anilines is 1. The van der Waals surface area contributed by atoms with E-state index in [1.807, 2.05) is 13.0 Å². The fourth-order valence-corrected chi connectivity index (χ4v) is 1.74. The standard InChI is InChI=1S/C13H20N2O3S/c1-9(14)10-6-5-7-11(8-10)15-12(16)13(2,3)19(4,17)18/h5-9H,14H2,1-4H3,(H,15,16). The number of benzene rings is 1. The number of hydrogen-bond donors (Lipinski definition) is 2. The van der Waals surface area contributed by atoms with Crippen LogP contribution >= 0.6 is 0 Å². The van der Waals surface area contributed by atoms with Gasteiger partial charge >= 0.3 is 0 Å². The van der Waals surface area contributed by atoms with Gasteiger partial charge in [-0.15, -0.1) is 0 Å². The molecular formula is C13H20N2O3S. The molecule has 0 bridgehead atoms. The molecule has 0 saturated heterocycles. The molecule has 1 amide bonds. The van der Waals surface area contributed by atoms with Crippen molar-refractivity contribution in [1.29, 1.82) is 0 Å². The lowest BCUT2D eigenvalue weighted by molar-refractivity contribution is -0.117. The summed E-state index contributed by atoms with van der Waals surface area (Å²) in [4.78, 5) is 12.0. The number of hydrogen-bond acceptors (Lipinski definition) is 4. The molecule has 1 aromatic rings. The summed E-state index contributed by atoms with van der Waals surface area (Å²) < 4.78 is 21.7. The van der Waals surface area contributed by atoms with Crippen LogP contribution in [0.25, 0.3) is 0 Å². The second-order valence-corrected chi connectivity index (χ2v) is 7.72. The van der Waals surface area contributed by atoms with Gasteiger partial charge in [0, 0.05) is 18.0 Å². The number of sulfone groups is 1. The molecule has 0 radical (unpaired) electrons. The monoisotopic (exact) mass is 284 g/mol. The van der Waals surface area contributed by atoms with E-state index in [1.165, 1.54) is 13.8 Å². The molecule has 5 nitrogen and oxygen atoms in total. The highest BCUT2D eigenvalue weighted by Gasteiger charge is 2.38. The molecule has 1 atom stereocenters. The molecule has 0 aliphatic heterocycles. The fourth-order valence-electron chi connectivity index (χ4n) is 1.35. The van der Waals surface area contributed by atoms with Crippen LogP contribution < -0.4 is 11.1 Å². The Morgan fingerprint density at radius 1 is 1.37 bits per heavy atom. The van der Waals surface area contributed by atoms with Crippen LogP contribution in [0.3, 0.4) is 0 Å². The summed E-state index contributed by atoms with van der Waals surface area (Å²) >= 11 is 0. The summed E-state index contributed by atoms with van der Waals surface area (Å²) in [5.41, 5.74) is 7.17. The minimum atomic E-state index is -3.48. The highest BCUT2D eigenvalue weighted by molar-refractivity contribution is 7.92. The molecule has 0 aliphatic rings. The van der Waals surface area contributed by atoms with E-state index in [0.29, 0.717) is 5.69 Å². The highest BCUT2D eigenvalue weighted by Crippen LogP contribution is 2.20. The molecule has 0 heterocycles. The van der Waals surface area contributed by atoms with Gasteiger partial charge < -0.3 is 11.1 Å². The first-order valence-corrected chi connectivity index (χ1v) is 7.81. The molecule has 0 fully saturated rings. The first-order valence-electron chi connectivity index (χ1n) is 5.92. The van der Waals surface area contributed by atoms with Crippen molar-refractivity contribution in [3.8, 4) is 0 Å². The Hall–Kier alpha value is -1.40. The van der Waals surface area contributed by atoms with E-state index < -0.39 is 20.5 Å². The smallest absolute Gasteiger partial charge is 0.245 e. The molecule has 0 aromatic heterocycles. The van der Waals surface area contributed by atoms with Crippen LogP contribution in [-0.2, 0) is 14.6 Å². The van der Waals surface area contributed by atoms with Gasteiger partial charge in [0.2, 0.25) is 5.91 Å². The lowest BCUT2D eigenvalue weighted by atomic mass is 10.1.